The minimum atomic E-state index is -2.04. The third kappa shape index (κ3) is 36.1. The van der Waals surface area contributed by atoms with Crippen molar-refractivity contribution >= 4 is 135 Å². The number of carboxylic acids is 1. The highest BCUT2D eigenvalue weighted by atomic mass is 32.2. The predicted molar refractivity (Wildman–Crippen MR) is 536 cm³/mol. The Kier molecular flexibility index (Phi) is 44.4. The number of H-pyrrole nitrogens is 1. The minimum Gasteiger partial charge on any atom is -0.481 e. The van der Waals surface area contributed by atoms with E-state index in [9.17, 15) is 43.8 Å². The number of aliphatic hydroxyl groups excluding tert-OH is 1. The SMILES string of the molecule is CC(C)C[C@@H]1NC(=O)[C@H](CCCNC(=N)N)NC(=O)[C@H](Cc2ccccc2)N(C)C(=O)[C@H](C)N(C)C(=O)[C@H](CCCNC(=N)N)NC(=O)[C@H](Cc2ccc(-c3ccccc3)cc2)NC(=O)[C@H](C(C)C)NC(=O)[C@H](Cc2c[nH]c3ccccc23)NC(=O)[C@H](CC(=O)O)NC(=O)[C@H](Cc2ccccc2)NC(=O)[C@H](Cc2ccccc2)NC(=O)CSC[C@@H](C(=O)NCC(N)=O)NC(=O)[C@H](CO)NC(=O)[C@H](C(C)C)NC1=O. The smallest absolute Gasteiger partial charge is 0.305 e. The Morgan fingerprint density at radius 3 is 1.34 bits per heavy atom. The van der Waals surface area contributed by atoms with Gasteiger partial charge in [-0.1, -0.05) is 205 Å². The summed E-state index contributed by atoms with van der Waals surface area (Å²) in [6.45, 7) is 9.19. The van der Waals surface area contributed by atoms with Gasteiger partial charge in [0.2, 0.25) is 94.5 Å². The fourth-order valence-corrected chi connectivity index (χ4v) is 16.8. The van der Waals surface area contributed by atoms with Crippen molar-refractivity contribution in [3.63, 3.8) is 0 Å². The van der Waals surface area contributed by atoms with Gasteiger partial charge in [-0.3, -0.25) is 92.3 Å². The lowest BCUT2D eigenvalue weighted by molar-refractivity contribution is -0.148. The van der Waals surface area contributed by atoms with Crippen LogP contribution in [0.25, 0.3) is 22.0 Å². The van der Waals surface area contributed by atoms with Gasteiger partial charge in [-0.05, 0) is 102 Å². The highest BCUT2D eigenvalue weighted by Crippen LogP contribution is 2.25. The molecule has 0 spiro atoms. The van der Waals surface area contributed by atoms with Gasteiger partial charge in [-0.25, -0.2) is 0 Å². The lowest BCUT2D eigenvalue weighted by Gasteiger charge is -2.35. The van der Waals surface area contributed by atoms with E-state index in [1.54, 1.807) is 173 Å². The van der Waals surface area contributed by atoms with Gasteiger partial charge in [0.1, 0.15) is 84.6 Å². The molecule has 0 aliphatic carbocycles. The molecule has 1 saturated heterocycles. The van der Waals surface area contributed by atoms with Gasteiger partial charge in [0.25, 0.3) is 0 Å². The zero-order valence-corrected chi connectivity index (χ0v) is 82.3. The molecule has 42 nitrogen and oxygen atoms in total. The average Bonchev–Trinajstić information content (AvgIpc) is 1.54. The van der Waals surface area contributed by atoms with E-state index in [-0.39, 0.29) is 83.2 Å². The molecule has 0 radical (unpaired) electrons. The van der Waals surface area contributed by atoms with Crippen LogP contribution in [0.15, 0.2) is 176 Å². The van der Waals surface area contributed by atoms with Gasteiger partial charge < -0.3 is 122 Å². The molecule has 1 aliphatic rings. The molecule has 1 aromatic heterocycles. The summed E-state index contributed by atoms with van der Waals surface area (Å²) in [5.41, 5.74) is 21.4. The third-order valence-electron chi connectivity index (χ3n) is 23.9. The van der Waals surface area contributed by atoms with Gasteiger partial charge in [0, 0.05) is 82.1 Å². The molecule has 14 atom stereocenters. The zero-order chi connectivity index (χ0) is 105. The number of nitrogens with two attached hydrogens (primary N) is 3. The molecule has 8 rings (SSSR count). The molecular weight excluding hydrogens is 1860 g/mol. The van der Waals surface area contributed by atoms with Crippen molar-refractivity contribution in [3.05, 3.63) is 204 Å². The maximum absolute atomic E-state index is 15.6. The van der Waals surface area contributed by atoms with Crippen LogP contribution < -0.4 is 97.0 Å². The van der Waals surface area contributed by atoms with Crippen molar-refractivity contribution in [3.8, 4) is 11.1 Å². The van der Waals surface area contributed by atoms with E-state index in [0.29, 0.717) is 38.7 Å². The fourth-order valence-electron chi connectivity index (χ4n) is 15.9. The number of thioether (sulfide) groups is 1. The Morgan fingerprint density at radius 1 is 0.434 bits per heavy atom. The molecule has 768 valence electrons. The Hall–Kier alpha value is -15.3. The van der Waals surface area contributed by atoms with E-state index < -0.39 is 240 Å². The fraction of sp³-hybridized carbons (Fsp3) is 0.430. The van der Waals surface area contributed by atoms with Gasteiger partial charge in [-0.2, -0.15) is 0 Å². The quantitative estimate of drug-likeness (QED) is 0.0160. The number of likely N-dealkylation sites (N-methyl/N-ethyl adjacent to an activating group) is 2. The molecule has 7 aromatic rings. The van der Waals surface area contributed by atoms with Gasteiger partial charge in [-0.15, -0.1) is 11.8 Å². The van der Waals surface area contributed by atoms with E-state index in [2.05, 4.69) is 84.7 Å². The van der Waals surface area contributed by atoms with E-state index in [0.717, 1.165) is 32.7 Å². The van der Waals surface area contributed by atoms with Crippen LogP contribution in [-0.4, -0.2) is 274 Å². The molecule has 0 bridgehead atoms. The number of carbonyl (C=O) groups is 17. The average molecular weight is 1990 g/mol. The Labute approximate surface area is 833 Å². The van der Waals surface area contributed by atoms with Crippen LogP contribution in [0.1, 0.15) is 115 Å². The monoisotopic (exact) mass is 1990 g/mol. The number of fused-ring (bicyclic) bond motifs is 1. The number of nitrogens with zero attached hydrogens (tertiary/aromatic N) is 2. The number of rotatable bonds is 29. The number of aliphatic carboxylic acids is 1. The second kappa shape index (κ2) is 56.2. The van der Waals surface area contributed by atoms with E-state index >= 15 is 47.9 Å². The van der Waals surface area contributed by atoms with E-state index in [1.165, 1.54) is 34.9 Å². The van der Waals surface area contributed by atoms with Gasteiger partial charge >= 0.3 is 5.97 Å². The molecular formula is C100H133N23O19S. The van der Waals surface area contributed by atoms with Crippen LogP contribution >= 0.6 is 11.8 Å². The summed E-state index contributed by atoms with van der Waals surface area (Å²) in [5.74, 6) is -21.5. The first-order valence-electron chi connectivity index (χ1n) is 47.2. The predicted octanol–water partition coefficient (Wildman–Crippen LogP) is -0.460. The lowest BCUT2D eigenvalue weighted by atomic mass is 9.98. The number of aliphatic hydroxyl groups is 1. The van der Waals surface area contributed by atoms with Crippen molar-refractivity contribution in [1.82, 2.24) is 94.5 Å². The number of aromatic amines is 1. The molecule has 0 saturated carbocycles. The number of amides is 16. The molecule has 43 heteroatoms. The number of nitrogens with one attached hydrogen (secondary N) is 18. The summed E-state index contributed by atoms with van der Waals surface area (Å²) < 4.78 is 0. The summed E-state index contributed by atoms with van der Waals surface area (Å²) in [5, 5.41) is 77.2. The summed E-state index contributed by atoms with van der Waals surface area (Å²) in [6, 6.07) is 25.4. The number of guanidine groups is 2. The molecule has 1 aliphatic heterocycles. The standard InChI is InChI=1S/C100H133N23O19S/c1-56(2)44-71-91(135)120-84(58(5)6)96(140)118-77(53-124)93(137)119-78(85(129)109-52-80(101)125)54-143-55-81(126)110-72(45-60-26-14-10-15-27-60)87(131)114-73(46-61-28-16-11-17-29-61)89(133)116-76(50-82(127)128)90(134)115-75(49-66-51-108-68-35-23-22-34-67(66)68)92(136)121-83(57(3)4)95(139)117-74(47-63-38-40-65(41-39-63)64-32-20-13-21-33-64)88(132)112-70(37-25-43-107-100(104)105)98(142)122(8)59(7)97(141)123(9)79(48-62-30-18-12-19-31-62)94(138)111-69(86(130)113-71)36-24-42-106-99(102)103/h10-23,26-35,38-41,51,56-59,69-79,83-84,108,124H,24-25,36-37,42-50,52-55H2,1-9H3,(H2,101,125)(H,109,129)(H,110,126)(H,111,138)(H,112,132)(H,113,130)(H,114,131)(H,115,134)(H,116,133)(H,117,139)(H,118,140)(H,119,137)(H,120,135)(H,121,136)(H,127,128)(H4,102,103,106)(H4,104,105,107)/t59-,69-,70-,71-,72-,73-,74-,75-,76-,77-,78-,79-,83-,84-/m0/s1. The Balaban J connectivity index is 1.23. The van der Waals surface area contributed by atoms with Crippen molar-refractivity contribution in [2.75, 3.05) is 51.8 Å². The normalized spacial score (nSPS) is 22.4. The van der Waals surface area contributed by atoms with Gasteiger partial charge in [0.15, 0.2) is 11.9 Å². The van der Waals surface area contributed by atoms with E-state index in [1.807, 2.05) is 30.3 Å². The number of hydrogen-bond donors (Lipinski definition) is 23. The van der Waals surface area contributed by atoms with Crippen LogP contribution in [0.5, 0.6) is 0 Å². The number of carboxylic acid groups (broad SMARTS) is 1. The number of para-hydroxylation sites is 1. The topological polar surface area (TPSA) is 659 Å². The number of hydrogen-bond acceptors (Lipinski definition) is 21. The Bertz CT molecular complexity index is 5570. The Morgan fingerprint density at radius 2 is 0.839 bits per heavy atom. The maximum Gasteiger partial charge on any atom is 0.305 e. The summed E-state index contributed by atoms with van der Waals surface area (Å²) in [4.78, 5) is 256. The second-order valence-electron chi connectivity index (χ2n) is 36.2. The van der Waals surface area contributed by atoms with E-state index in [4.69, 9.17) is 28.0 Å². The van der Waals surface area contributed by atoms with Crippen LogP contribution in [-0.2, 0) is 114 Å². The van der Waals surface area contributed by atoms with Crippen molar-refractivity contribution < 1.29 is 91.7 Å². The second-order valence-corrected chi connectivity index (χ2v) is 37.2. The van der Waals surface area contributed by atoms with Crippen LogP contribution in [0, 0.1) is 28.6 Å². The maximum atomic E-state index is 15.6. The summed E-state index contributed by atoms with van der Waals surface area (Å²) in [7, 11) is 2.59. The highest BCUT2D eigenvalue weighted by molar-refractivity contribution is 8.00. The number of primary amides is 1. The highest BCUT2D eigenvalue weighted by Gasteiger charge is 2.42. The molecule has 0 unspecified atom stereocenters. The molecule has 2 heterocycles. The molecule has 16 amide bonds. The number of aromatic nitrogens is 1. The first kappa shape index (κ1) is 113. The molecule has 143 heavy (non-hydrogen) atoms. The van der Waals surface area contributed by atoms with Crippen LogP contribution in [0.3, 0.4) is 0 Å². The number of carbonyl (C=O) groups excluding carboxylic acids is 16. The summed E-state index contributed by atoms with van der Waals surface area (Å²) >= 11 is 0.725. The molecule has 1 fully saturated rings. The van der Waals surface area contributed by atoms with Crippen molar-refractivity contribution in [2.24, 2.45) is 35.0 Å². The lowest BCUT2D eigenvalue weighted by Crippen LogP contribution is -2.62. The van der Waals surface area contributed by atoms with Crippen LogP contribution in [0.2, 0.25) is 0 Å². The molecule has 26 N–H and O–H groups in total. The van der Waals surface area contributed by atoms with Crippen molar-refractivity contribution in [1.29, 1.82) is 10.8 Å². The largest absolute Gasteiger partial charge is 0.481 e. The molecule has 6 aromatic carbocycles. The number of benzene rings is 6. The summed E-state index contributed by atoms with van der Waals surface area (Å²) in [6.07, 6.45) is -1.37. The zero-order valence-electron chi connectivity index (χ0n) is 81.4. The van der Waals surface area contributed by atoms with Gasteiger partial charge in [0.05, 0.1) is 25.3 Å². The van der Waals surface area contributed by atoms with Crippen molar-refractivity contribution in [2.45, 2.75) is 204 Å². The van der Waals surface area contributed by atoms with Crippen LogP contribution in [0.4, 0.5) is 0 Å². The third-order valence-corrected chi connectivity index (χ3v) is 24.9. The first-order valence-corrected chi connectivity index (χ1v) is 48.3. The minimum absolute atomic E-state index is 0.00250. The first-order chi connectivity index (χ1) is 68.1.